The Hall–Kier alpha value is -1.88. The molecule has 1 saturated carbocycles. The summed E-state index contributed by atoms with van der Waals surface area (Å²) >= 11 is 0. The summed E-state index contributed by atoms with van der Waals surface area (Å²) in [7, 11) is 1.76. The van der Waals surface area contributed by atoms with Gasteiger partial charge < -0.3 is 15.8 Å². The van der Waals surface area contributed by atoms with E-state index in [0.717, 1.165) is 30.3 Å². The molecular weight excluding hydrogens is 240 g/mol. The zero-order chi connectivity index (χ0) is 13.3. The number of hydrogen-bond acceptors (Lipinski definition) is 5. The third-order valence-corrected chi connectivity index (χ3v) is 3.90. The van der Waals surface area contributed by atoms with Crippen molar-refractivity contribution in [2.45, 2.75) is 24.9 Å². The van der Waals surface area contributed by atoms with Crippen LogP contribution in [0.15, 0.2) is 24.3 Å². The van der Waals surface area contributed by atoms with E-state index in [-0.39, 0.29) is 5.60 Å². The highest BCUT2D eigenvalue weighted by atomic mass is 16.5. The molecule has 5 nitrogen and oxygen atoms in total. The average molecular weight is 258 g/mol. The van der Waals surface area contributed by atoms with Crippen LogP contribution in [0.4, 0.5) is 11.8 Å². The minimum atomic E-state index is -0.0518. The maximum atomic E-state index is 5.95. The van der Waals surface area contributed by atoms with Gasteiger partial charge in [0, 0.05) is 19.0 Å². The third kappa shape index (κ3) is 2.21. The Kier molecular flexibility index (Phi) is 2.98. The highest BCUT2D eigenvalue weighted by Gasteiger charge is 2.36. The second-order valence-electron chi connectivity index (χ2n) is 5.04. The number of nitrogens with one attached hydrogen (secondary N) is 1. The number of hydrogen-bond donors (Lipinski definition) is 2. The van der Waals surface area contributed by atoms with E-state index in [1.807, 2.05) is 24.3 Å². The van der Waals surface area contributed by atoms with Gasteiger partial charge >= 0.3 is 0 Å². The summed E-state index contributed by atoms with van der Waals surface area (Å²) in [6, 6.07) is 7.75. The Bertz CT molecular complexity index is 590. The zero-order valence-electron chi connectivity index (χ0n) is 11.0. The van der Waals surface area contributed by atoms with Crippen LogP contribution in [0.1, 0.15) is 19.3 Å². The van der Waals surface area contributed by atoms with Crippen LogP contribution in [0.3, 0.4) is 0 Å². The summed E-state index contributed by atoms with van der Waals surface area (Å²) in [5.41, 5.74) is 6.76. The number of para-hydroxylation sites is 1. The number of benzene rings is 1. The molecule has 1 heterocycles. The minimum Gasteiger partial charge on any atom is -0.383 e. The summed E-state index contributed by atoms with van der Waals surface area (Å²) in [5, 5.41) is 4.13. The highest BCUT2D eigenvalue weighted by molar-refractivity contribution is 5.88. The Morgan fingerprint density at radius 2 is 2.11 bits per heavy atom. The van der Waals surface area contributed by atoms with Gasteiger partial charge in [0.05, 0.1) is 11.1 Å². The van der Waals surface area contributed by atoms with E-state index in [1.165, 1.54) is 6.42 Å². The molecule has 3 N–H and O–H groups in total. The van der Waals surface area contributed by atoms with Gasteiger partial charge in [0.25, 0.3) is 0 Å². The molecule has 0 saturated heterocycles. The van der Waals surface area contributed by atoms with Crippen LogP contribution >= 0.6 is 0 Å². The topological polar surface area (TPSA) is 73.1 Å². The molecule has 0 radical (unpaired) electrons. The molecule has 1 aromatic carbocycles. The number of rotatable bonds is 4. The molecule has 3 rings (SSSR count). The second kappa shape index (κ2) is 4.66. The summed E-state index contributed by atoms with van der Waals surface area (Å²) in [5.74, 6) is 1.08. The first-order valence-corrected chi connectivity index (χ1v) is 6.54. The normalized spacial score (nSPS) is 17.1. The molecule has 0 spiro atoms. The average Bonchev–Trinajstić information content (AvgIpc) is 2.38. The Morgan fingerprint density at radius 3 is 2.79 bits per heavy atom. The van der Waals surface area contributed by atoms with Gasteiger partial charge in [-0.2, -0.15) is 4.98 Å². The van der Waals surface area contributed by atoms with E-state index in [4.69, 9.17) is 10.5 Å². The maximum absolute atomic E-state index is 5.95. The van der Waals surface area contributed by atoms with E-state index in [2.05, 4.69) is 15.3 Å². The van der Waals surface area contributed by atoms with Gasteiger partial charge in [-0.15, -0.1) is 0 Å². The van der Waals surface area contributed by atoms with Crippen LogP contribution in [-0.4, -0.2) is 29.2 Å². The van der Waals surface area contributed by atoms with Crippen molar-refractivity contribution in [1.29, 1.82) is 0 Å². The van der Waals surface area contributed by atoms with E-state index >= 15 is 0 Å². The first-order chi connectivity index (χ1) is 9.22. The largest absolute Gasteiger partial charge is 0.383 e. The fourth-order valence-corrected chi connectivity index (χ4v) is 2.44. The van der Waals surface area contributed by atoms with Crippen LogP contribution in [0.25, 0.3) is 10.9 Å². The van der Waals surface area contributed by atoms with E-state index in [1.54, 1.807) is 7.11 Å². The van der Waals surface area contributed by atoms with Crippen molar-refractivity contribution < 1.29 is 4.74 Å². The SMILES string of the molecule is COC1(CNc2nc(N)c3ccccc3n2)CCC1. The second-order valence-corrected chi connectivity index (χ2v) is 5.04. The fourth-order valence-electron chi connectivity index (χ4n) is 2.44. The standard InChI is InChI=1S/C14H18N4O/c1-19-14(7-4-8-14)9-16-13-17-11-6-3-2-5-10(11)12(15)18-13/h2-3,5-6H,4,7-9H2,1H3,(H3,15,16,17,18). The van der Waals surface area contributed by atoms with Crippen molar-refractivity contribution in [3.8, 4) is 0 Å². The third-order valence-electron chi connectivity index (χ3n) is 3.90. The predicted molar refractivity (Wildman–Crippen MR) is 76.0 cm³/mol. The lowest BCUT2D eigenvalue weighted by Gasteiger charge is -2.40. The van der Waals surface area contributed by atoms with Crippen molar-refractivity contribution in [3.63, 3.8) is 0 Å². The molecule has 0 atom stereocenters. The molecule has 0 aliphatic heterocycles. The minimum absolute atomic E-state index is 0.0518. The molecule has 19 heavy (non-hydrogen) atoms. The van der Waals surface area contributed by atoms with E-state index in [0.29, 0.717) is 11.8 Å². The predicted octanol–water partition coefficient (Wildman–Crippen LogP) is 2.19. The number of nitrogens with zero attached hydrogens (tertiary/aromatic N) is 2. The van der Waals surface area contributed by atoms with Crippen molar-refractivity contribution in [3.05, 3.63) is 24.3 Å². The smallest absolute Gasteiger partial charge is 0.225 e. The molecule has 100 valence electrons. The summed E-state index contributed by atoms with van der Waals surface area (Å²) < 4.78 is 5.56. The quantitative estimate of drug-likeness (QED) is 0.879. The van der Waals surface area contributed by atoms with Crippen molar-refractivity contribution in [2.75, 3.05) is 24.7 Å². The van der Waals surface area contributed by atoms with Crippen LogP contribution < -0.4 is 11.1 Å². The van der Waals surface area contributed by atoms with Gasteiger partial charge in [-0.3, -0.25) is 0 Å². The molecule has 0 amide bonds. The fraction of sp³-hybridized carbons (Fsp3) is 0.429. The summed E-state index contributed by atoms with van der Waals surface area (Å²) in [6.07, 6.45) is 3.38. The number of methoxy groups -OCH3 is 1. The van der Waals surface area contributed by atoms with Gasteiger partial charge in [-0.05, 0) is 31.4 Å². The Balaban J connectivity index is 1.81. The number of nitrogen functional groups attached to an aromatic ring is 1. The van der Waals surface area contributed by atoms with E-state index in [9.17, 15) is 0 Å². The molecule has 2 aromatic rings. The number of aromatic nitrogens is 2. The van der Waals surface area contributed by atoms with Gasteiger partial charge in [0.1, 0.15) is 5.82 Å². The lowest BCUT2D eigenvalue weighted by molar-refractivity contribution is -0.0602. The molecule has 1 aliphatic carbocycles. The summed E-state index contributed by atoms with van der Waals surface area (Å²) in [6.45, 7) is 0.723. The van der Waals surface area contributed by atoms with Crippen LogP contribution in [0, 0.1) is 0 Å². The number of fused-ring (bicyclic) bond motifs is 1. The van der Waals surface area contributed by atoms with Crippen molar-refractivity contribution >= 4 is 22.7 Å². The maximum Gasteiger partial charge on any atom is 0.225 e. The van der Waals surface area contributed by atoms with Gasteiger partial charge in [0.2, 0.25) is 5.95 Å². The monoisotopic (exact) mass is 258 g/mol. The molecule has 0 unspecified atom stereocenters. The first-order valence-electron chi connectivity index (χ1n) is 6.54. The lowest BCUT2D eigenvalue weighted by Crippen LogP contribution is -2.45. The molecular formula is C14H18N4O. The Morgan fingerprint density at radius 1 is 1.32 bits per heavy atom. The molecule has 1 aromatic heterocycles. The molecule has 1 aliphatic rings. The summed E-state index contributed by atoms with van der Waals surface area (Å²) in [4.78, 5) is 8.77. The van der Waals surface area contributed by atoms with Crippen molar-refractivity contribution in [2.24, 2.45) is 0 Å². The van der Waals surface area contributed by atoms with Crippen LogP contribution in [0.2, 0.25) is 0 Å². The Labute approximate surface area is 112 Å². The van der Waals surface area contributed by atoms with Crippen molar-refractivity contribution in [1.82, 2.24) is 9.97 Å². The van der Waals surface area contributed by atoms with E-state index < -0.39 is 0 Å². The van der Waals surface area contributed by atoms with Gasteiger partial charge in [-0.1, -0.05) is 12.1 Å². The zero-order valence-corrected chi connectivity index (χ0v) is 11.0. The number of anilines is 2. The van der Waals surface area contributed by atoms with Gasteiger partial charge in [0.15, 0.2) is 0 Å². The number of nitrogens with two attached hydrogens (primary N) is 1. The molecule has 5 heteroatoms. The van der Waals surface area contributed by atoms with Gasteiger partial charge in [-0.25, -0.2) is 4.98 Å². The molecule has 1 fully saturated rings. The highest BCUT2D eigenvalue weighted by Crippen LogP contribution is 2.35. The van der Waals surface area contributed by atoms with Crippen LogP contribution in [-0.2, 0) is 4.74 Å². The number of ether oxygens (including phenoxy) is 1. The lowest BCUT2D eigenvalue weighted by atomic mass is 9.80. The molecule has 0 bridgehead atoms. The first kappa shape index (κ1) is 12.2. The van der Waals surface area contributed by atoms with Crippen LogP contribution in [0.5, 0.6) is 0 Å².